The monoisotopic (exact) mass is 381 g/mol. The van der Waals surface area contributed by atoms with Crippen LogP contribution in [-0.4, -0.2) is 23.9 Å². The van der Waals surface area contributed by atoms with Gasteiger partial charge in [-0.1, -0.05) is 28.1 Å². The third-order valence-electron chi connectivity index (χ3n) is 2.93. The second-order valence-corrected chi connectivity index (χ2v) is 6.21. The number of amides is 1. The Morgan fingerprint density at radius 1 is 1.32 bits per heavy atom. The number of halogens is 1. The Hall–Kier alpha value is -1.50. The van der Waals surface area contributed by atoms with Gasteiger partial charge < -0.3 is 15.2 Å². The maximum absolute atomic E-state index is 12.0. The van der Waals surface area contributed by atoms with Crippen molar-refractivity contribution in [1.82, 2.24) is 0 Å². The molecule has 0 aliphatic carbocycles. The van der Waals surface area contributed by atoms with Crippen LogP contribution in [0.25, 0.3) is 0 Å². The molecule has 0 saturated heterocycles. The molecular weight excluding hydrogens is 366 g/mol. The van der Waals surface area contributed by atoms with E-state index in [0.29, 0.717) is 11.3 Å². The van der Waals surface area contributed by atoms with Gasteiger partial charge in [-0.2, -0.15) is 0 Å². The lowest BCUT2D eigenvalue weighted by molar-refractivity contribution is -0.118. The SMILES string of the molecule is CSc1ccccc1NC(=O)COc1ccc(Br)cc1CO. The molecule has 116 valence electrons. The van der Waals surface area contributed by atoms with Crippen molar-refractivity contribution in [3.63, 3.8) is 0 Å². The van der Waals surface area contributed by atoms with Crippen molar-refractivity contribution in [2.45, 2.75) is 11.5 Å². The number of carbonyl (C=O) groups excluding carboxylic acids is 1. The summed E-state index contributed by atoms with van der Waals surface area (Å²) in [5.74, 6) is 0.257. The van der Waals surface area contributed by atoms with Crippen LogP contribution in [-0.2, 0) is 11.4 Å². The van der Waals surface area contributed by atoms with Crippen LogP contribution in [0.15, 0.2) is 51.8 Å². The van der Waals surface area contributed by atoms with Crippen LogP contribution in [0.1, 0.15) is 5.56 Å². The fourth-order valence-electron chi connectivity index (χ4n) is 1.89. The summed E-state index contributed by atoms with van der Waals surface area (Å²) in [6, 6.07) is 12.9. The van der Waals surface area contributed by atoms with Crippen molar-refractivity contribution in [1.29, 1.82) is 0 Å². The highest BCUT2D eigenvalue weighted by Crippen LogP contribution is 2.25. The van der Waals surface area contributed by atoms with Gasteiger partial charge >= 0.3 is 0 Å². The number of thioether (sulfide) groups is 1. The lowest BCUT2D eigenvalue weighted by atomic mass is 10.2. The summed E-state index contributed by atoms with van der Waals surface area (Å²) >= 11 is 4.89. The number of ether oxygens (including phenoxy) is 1. The van der Waals surface area contributed by atoms with Crippen molar-refractivity contribution in [2.24, 2.45) is 0 Å². The maximum Gasteiger partial charge on any atom is 0.262 e. The van der Waals surface area contributed by atoms with E-state index in [2.05, 4.69) is 21.2 Å². The molecule has 0 atom stereocenters. The largest absolute Gasteiger partial charge is 0.483 e. The fourth-order valence-corrected chi connectivity index (χ4v) is 2.85. The molecule has 0 aromatic heterocycles. The molecule has 2 aromatic carbocycles. The van der Waals surface area contributed by atoms with Gasteiger partial charge in [-0.15, -0.1) is 11.8 Å². The van der Waals surface area contributed by atoms with Gasteiger partial charge in [-0.3, -0.25) is 4.79 Å². The van der Waals surface area contributed by atoms with Gasteiger partial charge in [0, 0.05) is 14.9 Å². The number of para-hydroxylation sites is 1. The number of hydrogen-bond acceptors (Lipinski definition) is 4. The summed E-state index contributed by atoms with van der Waals surface area (Å²) in [7, 11) is 0. The second kappa shape index (κ2) is 8.22. The summed E-state index contributed by atoms with van der Waals surface area (Å²) in [6.07, 6.45) is 1.96. The first-order valence-electron chi connectivity index (χ1n) is 6.59. The zero-order valence-electron chi connectivity index (χ0n) is 12.0. The average molecular weight is 382 g/mol. The van der Waals surface area contributed by atoms with E-state index in [-0.39, 0.29) is 19.1 Å². The van der Waals surface area contributed by atoms with Gasteiger partial charge in [0.05, 0.1) is 12.3 Å². The van der Waals surface area contributed by atoms with Crippen molar-refractivity contribution in [2.75, 3.05) is 18.2 Å². The van der Waals surface area contributed by atoms with Crippen molar-refractivity contribution < 1.29 is 14.6 Å². The number of aliphatic hydroxyl groups excluding tert-OH is 1. The Morgan fingerprint density at radius 2 is 2.09 bits per heavy atom. The lowest BCUT2D eigenvalue weighted by Gasteiger charge is -2.12. The number of rotatable bonds is 6. The highest BCUT2D eigenvalue weighted by atomic mass is 79.9. The van der Waals surface area contributed by atoms with E-state index in [1.807, 2.05) is 30.5 Å². The molecular formula is C16H16BrNO3S. The van der Waals surface area contributed by atoms with Crippen LogP contribution in [0.3, 0.4) is 0 Å². The Labute approximate surface area is 142 Å². The van der Waals surface area contributed by atoms with Gasteiger partial charge in [-0.25, -0.2) is 0 Å². The van der Waals surface area contributed by atoms with Gasteiger partial charge in [0.25, 0.3) is 5.91 Å². The lowest BCUT2D eigenvalue weighted by Crippen LogP contribution is -2.20. The summed E-state index contributed by atoms with van der Waals surface area (Å²) < 4.78 is 6.34. The quantitative estimate of drug-likeness (QED) is 0.749. The van der Waals surface area contributed by atoms with E-state index in [1.54, 1.807) is 30.0 Å². The van der Waals surface area contributed by atoms with E-state index < -0.39 is 0 Å². The molecule has 1 amide bonds. The standard InChI is InChI=1S/C16H16BrNO3S/c1-22-15-5-3-2-4-13(15)18-16(20)10-21-14-7-6-12(17)8-11(14)9-19/h2-8,19H,9-10H2,1H3,(H,18,20). The second-order valence-electron chi connectivity index (χ2n) is 4.45. The Bertz CT molecular complexity index is 664. The average Bonchev–Trinajstić information content (AvgIpc) is 2.54. The molecule has 0 aliphatic rings. The Morgan fingerprint density at radius 3 is 2.82 bits per heavy atom. The number of anilines is 1. The molecule has 2 N–H and O–H groups in total. The van der Waals surface area contributed by atoms with Crippen LogP contribution < -0.4 is 10.1 Å². The smallest absolute Gasteiger partial charge is 0.262 e. The minimum atomic E-state index is -0.242. The fraction of sp³-hybridized carbons (Fsp3) is 0.188. The molecule has 4 nitrogen and oxygen atoms in total. The first-order valence-corrected chi connectivity index (χ1v) is 8.60. The molecule has 2 aromatic rings. The molecule has 2 rings (SSSR count). The third kappa shape index (κ3) is 4.50. The maximum atomic E-state index is 12.0. The first kappa shape index (κ1) is 16.9. The predicted octanol–water partition coefficient (Wildman–Crippen LogP) is 3.68. The predicted molar refractivity (Wildman–Crippen MR) is 92.4 cm³/mol. The van der Waals surface area contributed by atoms with E-state index in [9.17, 15) is 9.90 Å². The third-order valence-corrected chi connectivity index (χ3v) is 4.22. The van der Waals surface area contributed by atoms with Gasteiger partial charge in [0.15, 0.2) is 6.61 Å². The minimum Gasteiger partial charge on any atom is -0.483 e. The first-order chi connectivity index (χ1) is 10.6. The summed E-state index contributed by atoms with van der Waals surface area (Å²) in [5.41, 5.74) is 1.40. The Kier molecular flexibility index (Phi) is 6.30. The van der Waals surface area contributed by atoms with E-state index in [1.165, 1.54) is 0 Å². The zero-order valence-corrected chi connectivity index (χ0v) is 14.4. The number of aliphatic hydroxyl groups is 1. The van der Waals surface area contributed by atoms with Crippen LogP contribution in [0.5, 0.6) is 5.75 Å². The van der Waals surface area contributed by atoms with Crippen LogP contribution in [0.4, 0.5) is 5.69 Å². The van der Waals surface area contributed by atoms with Crippen molar-refractivity contribution in [3.05, 3.63) is 52.5 Å². The van der Waals surface area contributed by atoms with Crippen molar-refractivity contribution >= 4 is 39.3 Å². The molecule has 0 heterocycles. The number of hydrogen-bond donors (Lipinski definition) is 2. The topological polar surface area (TPSA) is 58.6 Å². The summed E-state index contributed by atoms with van der Waals surface area (Å²) in [4.78, 5) is 13.0. The molecule has 6 heteroatoms. The highest BCUT2D eigenvalue weighted by molar-refractivity contribution is 9.10. The van der Waals surface area contributed by atoms with Crippen LogP contribution in [0.2, 0.25) is 0 Å². The van der Waals surface area contributed by atoms with Crippen LogP contribution in [0, 0.1) is 0 Å². The molecule has 0 bridgehead atoms. The van der Waals surface area contributed by atoms with Gasteiger partial charge in [0.2, 0.25) is 0 Å². The molecule has 0 aliphatic heterocycles. The molecule has 0 radical (unpaired) electrons. The zero-order chi connectivity index (χ0) is 15.9. The number of carbonyl (C=O) groups is 1. The number of nitrogens with one attached hydrogen (secondary N) is 1. The van der Waals surface area contributed by atoms with E-state index in [0.717, 1.165) is 15.1 Å². The van der Waals surface area contributed by atoms with Crippen LogP contribution >= 0.6 is 27.7 Å². The van der Waals surface area contributed by atoms with E-state index >= 15 is 0 Å². The van der Waals surface area contributed by atoms with Gasteiger partial charge in [0.1, 0.15) is 5.75 Å². The molecule has 22 heavy (non-hydrogen) atoms. The summed E-state index contributed by atoms with van der Waals surface area (Å²) in [6.45, 7) is -0.261. The number of benzene rings is 2. The molecule has 0 unspecified atom stereocenters. The molecule has 0 fully saturated rings. The van der Waals surface area contributed by atoms with Crippen molar-refractivity contribution in [3.8, 4) is 5.75 Å². The van der Waals surface area contributed by atoms with E-state index in [4.69, 9.17) is 4.74 Å². The highest BCUT2D eigenvalue weighted by Gasteiger charge is 2.09. The minimum absolute atomic E-state index is 0.114. The normalized spacial score (nSPS) is 10.3. The molecule has 0 saturated carbocycles. The summed E-state index contributed by atoms with van der Waals surface area (Å²) in [5, 5.41) is 12.1. The van der Waals surface area contributed by atoms with Gasteiger partial charge in [-0.05, 0) is 36.6 Å². The molecule has 0 spiro atoms. The Balaban J connectivity index is 1.98.